The number of aromatic nitrogens is 1. The Morgan fingerprint density at radius 1 is 0.681 bits per heavy atom. The van der Waals surface area contributed by atoms with Gasteiger partial charge in [-0.2, -0.15) is 4.72 Å². The Labute approximate surface area is 407 Å². The Bertz CT molecular complexity index is 3000. The summed E-state index contributed by atoms with van der Waals surface area (Å²) in [7, 11) is -3.98. The van der Waals surface area contributed by atoms with Gasteiger partial charge in [0.1, 0.15) is 11.7 Å². The Balaban J connectivity index is 0.908. The molecule has 9 rings (SSSR count). The molecular weight excluding hydrogens is 903 g/mol. The van der Waals surface area contributed by atoms with E-state index in [0.717, 1.165) is 61.3 Å². The maximum atomic E-state index is 13.8. The van der Waals surface area contributed by atoms with Crippen molar-refractivity contribution >= 4 is 27.7 Å². The van der Waals surface area contributed by atoms with Crippen LogP contribution in [0, 0.1) is 12.8 Å². The number of nitrogens with one attached hydrogen (secondary N) is 2. The summed E-state index contributed by atoms with van der Waals surface area (Å²) in [6, 6.07) is 58.8. The SMILES string of the molecule is Cc1ccc(S(=O)(=O)NC(Cc2ccccc2)C(=O)NCc2cccc(-c3ccc(C4OC(CSc5nc(-c6ccccc6)c(-c6ccccc6)o5)C(C)C(c5ccc(CO)cc5)O4)cc3)c2)cc1. The number of aliphatic hydroxyl groups excluding tert-OH is 1. The molecule has 1 saturated heterocycles. The summed E-state index contributed by atoms with van der Waals surface area (Å²) in [5, 5.41) is 13.3. The number of rotatable bonds is 17. The van der Waals surface area contributed by atoms with E-state index >= 15 is 0 Å². The number of oxazole rings is 1. The van der Waals surface area contributed by atoms with Crippen LogP contribution in [-0.2, 0) is 43.9 Å². The zero-order chi connectivity index (χ0) is 47.7. The van der Waals surface area contributed by atoms with Crippen LogP contribution in [-0.4, -0.2) is 42.3 Å². The molecule has 8 aromatic rings. The molecule has 1 aromatic heterocycles. The first-order valence-electron chi connectivity index (χ1n) is 22.9. The Kier molecular flexibility index (Phi) is 15.0. The lowest BCUT2D eigenvalue weighted by atomic mass is 9.91. The molecule has 1 aliphatic heterocycles. The summed E-state index contributed by atoms with van der Waals surface area (Å²) in [6.45, 7) is 4.17. The molecule has 0 aliphatic carbocycles. The van der Waals surface area contributed by atoms with E-state index in [1.807, 2.05) is 171 Å². The van der Waals surface area contributed by atoms with Crippen molar-refractivity contribution in [3.8, 4) is 33.7 Å². The first kappa shape index (κ1) is 47.4. The summed E-state index contributed by atoms with van der Waals surface area (Å²) in [5.74, 6) is 0.796. The van der Waals surface area contributed by atoms with Crippen LogP contribution < -0.4 is 10.0 Å². The van der Waals surface area contributed by atoms with Crippen LogP contribution in [0.25, 0.3) is 33.7 Å². The predicted octanol–water partition coefficient (Wildman–Crippen LogP) is 11.3. The van der Waals surface area contributed by atoms with E-state index in [-0.39, 0.29) is 42.6 Å². The second-order valence-electron chi connectivity index (χ2n) is 17.2. The van der Waals surface area contributed by atoms with E-state index in [0.29, 0.717) is 16.7 Å². The number of nitrogens with zero attached hydrogens (tertiary/aromatic N) is 1. The highest BCUT2D eigenvalue weighted by Crippen LogP contribution is 2.44. The zero-order valence-corrected chi connectivity index (χ0v) is 39.9. The minimum Gasteiger partial charge on any atom is -0.431 e. The predicted molar refractivity (Wildman–Crippen MR) is 270 cm³/mol. The summed E-state index contributed by atoms with van der Waals surface area (Å²) < 4.78 is 49.6. The Hall–Kier alpha value is -6.64. The third-order valence-electron chi connectivity index (χ3n) is 12.3. The van der Waals surface area contributed by atoms with E-state index in [1.165, 1.54) is 11.8 Å². The van der Waals surface area contributed by atoms with Gasteiger partial charge in [0.2, 0.25) is 15.9 Å². The molecule has 1 aliphatic rings. The molecule has 0 bridgehead atoms. The van der Waals surface area contributed by atoms with E-state index in [1.54, 1.807) is 24.3 Å². The number of carbonyl (C=O) groups excluding carboxylic acids is 1. The number of aryl methyl sites for hydroxylation is 1. The number of carbonyl (C=O) groups is 1. The van der Waals surface area contributed by atoms with Crippen LogP contribution in [0.1, 0.15) is 52.7 Å². The zero-order valence-electron chi connectivity index (χ0n) is 38.3. The lowest BCUT2D eigenvalue weighted by Crippen LogP contribution is -2.47. The number of aliphatic hydroxyl groups is 1. The van der Waals surface area contributed by atoms with Crippen molar-refractivity contribution in [2.24, 2.45) is 5.92 Å². The van der Waals surface area contributed by atoms with Gasteiger partial charge in [-0.1, -0.05) is 194 Å². The lowest BCUT2D eigenvalue weighted by Gasteiger charge is -2.41. The number of amides is 1. The number of thioether (sulfide) groups is 1. The van der Waals surface area contributed by atoms with Crippen LogP contribution in [0.5, 0.6) is 0 Å². The molecule has 5 unspecified atom stereocenters. The highest BCUT2D eigenvalue weighted by Gasteiger charge is 2.39. The fraction of sp³-hybridized carbons (Fsp3) is 0.193. The molecule has 1 amide bonds. The third-order valence-corrected chi connectivity index (χ3v) is 14.7. The van der Waals surface area contributed by atoms with Gasteiger partial charge in [-0.25, -0.2) is 13.4 Å². The summed E-state index contributed by atoms with van der Waals surface area (Å²) in [5.41, 5.74) is 9.90. The number of hydrogen-bond acceptors (Lipinski definition) is 9. The molecule has 3 N–H and O–H groups in total. The molecule has 0 spiro atoms. The van der Waals surface area contributed by atoms with E-state index < -0.39 is 28.3 Å². The largest absolute Gasteiger partial charge is 0.431 e. The molecule has 10 nitrogen and oxygen atoms in total. The summed E-state index contributed by atoms with van der Waals surface area (Å²) >= 11 is 1.52. The topological polar surface area (TPSA) is 140 Å². The van der Waals surface area contributed by atoms with Crippen LogP contribution in [0.4, 0.5) is 0 Å². The van der Waals surface area contributed by atoms with Gasteiger partial charge in [0.15, 0.2) is 12.1 Å². The molecule has 2 heterocycles. The second kappa shape index (κ2) is 21.8. The maximum Gasteiger partial charge on any atom is 0.256 e. The minimum absolute atomic E-state index is 0.0452. The summed E-state index contributed by atoms with van der Waals surface area (Å²) in [4.78, 5) is 18.9. The van der Waals surface area contributed by atoms with Gasteiger partial charge in [-0.3, -0.25) is 4.79 Å². The van der Waals surface area contributed by atoms with Gasteiger partial charge >= 0.3 is 0 Å². The van der Waals surface area contributed by atoms with Gasteiger partial charge in [0.05, 0.1) is 23.7 Å². The minimum atomic E-state index is -3.98. The van der Waals surface area contributed by atoms with E-state index in [9.17, 15) is 18.3 Å². The first-order valence-corrected chi connectivity index (χ1v) is 25.4. The Morgan fingerprint density at radius 2 is 1.30 bits per heavy atom. The van der Waals surface area contributed by atoms with Gasteiger partial charge < -0.3 is 24.3 Å². The molecule has 7 aromatic carbocycles. The second-order valence-corrected chi connectivity index (χ2v) is 19.9. The van der Waals surface area contributed by atoms with Crippen LogP contribution in [0.2, 0.25) is 0 Å². The van der Waals surface area contributed by atoms with Crippen LogP contribution in [0.15, 0.2) is 203 Å². The number of benzene rings is 7. The van der Waals surface area contributed by atoms with Crippen molar-refractivity contribution < 1.29 is 32.2 Å². The van der Waals surface area contributed by atoms with Gasteiger partial charge in [0.25, 0.3) is 5.22 Å². The van der Waals surface area contributed by atoms with Crippen LogP contribution in [0.3, 0.4) is 0 Å². The first-order chi connectivity index (χ1) is 33.6. The van der Waals surface area contributed by atoms with Crippen molar-refractivity contribution in [3.63, 3.8) is 0 Å². The standard InChI is InChI=1S/C57H53N3O7S2/c1-38-21-31-49(32-22-38)69(63,64)60-50(34-40-13-6-3-7-14-40)55(62)58-35-42-15-12-20-48(33-42)43-27-29-47(30-28-43)56-65-51(39(2)53(66-56)46-25-23-41(36-61)24-26-46)37-68-57-59-52(44-16-8-4-9-17-44)54(67-57)45-18-10-5-11-19-45/h3-33,39,50-51,53,56,60-61H,34-37H2,1-2H3,(H,58,62). The number of sulfonamides is 1. The number of ether oxygens (including phenoxy) is 2. The number of hydrogen-bond donors (Lipinski definition) is 3. The van der Waals surface area contributed by atoms with Crippen molar-refractivity contribution in [2.75, 3.05) is 5.75 Å². The average Bonchev–Trinajstić information content (AvgIpc) is 3.83. The Morgan fingerprint density at radius 3 is 1.99 bits per heavy atom. The van der Waals surface area contributed by atoms with Gasteiger partial charge in [-0.05, 0) is 64.9 Å². The molecule has 0 radical (unpaired) electrons. The highest BCUT2D eigenvalue weighted by molar-refractivity contribution is 7.99. The summed E-state index contributed by atoms with van der Waals surface area (Å²) in [6.07, 6.45) is -1.05. The monoisotopic (exact) mass is 955 g/mol. The maximum absolute atomic E-state index is 13.8. The third kappa shape index (κ3) is 11.6. The fourth-order valence-electron chi connectivity index (χ4n) is 8.42. The molecule has 69 heavy (non-hydrogen) atoms. The molecule has 350 valence electrons. The molecule has 12 heteroatoms. The molecular formula is C57H53N3O7S2. The smallest absolute Gasteiger partial charge is 0.256 e. The lowest BCUT2D eigenvalue weighted by molar-refractivity contribution is -0.268. The van der Waals surface area contributed by atoms with Crippen LogP contribution >= 0.6 is 11.8 Å². The normalized spacial score (nSPS) is 17.6. The van der Waals surface area contributed by atoms with Gasteiger partial charge in [0, 0.05) is 34.9 Å². The van der Waals surface area contributed by atoms with Crippen molar-refractivity contribution in [3.05, 3.63) is 221 Å². The van der Waals surface area contributed by atoms with Crippen molar-refractivity contribution in [1.29, 1.82) is 0 Å². The fourth-order valence-corrected chi connectivity index (χ4v) is 10.6. The molecule has 1 fully saturated rings. The molecule has 0 saturated carbocycles. The van der Waals surface area contributed by atoms with Crippen molar-refractivity contribution in [2.45, 2.75) is 68.1 Å². The highest BCUT2D eigenvalue weighted by atomic mass is 32.2. The van der Waals surface area contributed by atoms with E-state index in [4.69, 9.17) is 18.9 Å². The van der Waals surface area contributed by atoms with E-state index in [2.05, 4.69) is 17.0 Å². The quantitative estimate of drug-likeness (QED) is 0.0761. The van der Waals surface area contributed by atoms with Gasteiger partial charge in [-0.15, -0.1) is 0 Å². The van der Waals surface area contributed by atoms with Crippen molar-refractivity contribution in [1.82, 2.24) is 15.0 Å². The molecule has 5 atom stereocenters. The average molecular weight is 956 g/mol.